The van der Waals surface area contributed by atoms with Crippen LogP contribution in [-0.4, -0.2) is 54.7 Å². The van der Waals surface area contributed by atoms with Gasteiger partial charge in [0.05, 0.1) is 6.04 Å². The number of hydrogen-bond donors (Lipinski definition) is 1. The zero-order valence-corrected chi connectivity index (χ0v) is 15.9. The Bertz CT molecular complexity index is 593. The number of rotatable bonds is 4. The van der Waals surface area contributed by atoms with E-state index < -0.39 is 11.7 Å². The van der Waals surface area contributed by atoms with Gasteiger partial charge in [-0.2, -0.15) is 0 Å². The third-order valence-electron chi connectivity index (χ3n) is 4.30. The lowest BCUT2D eigenvalue weighted by Crippen LogP contribution is -2.44. The van der Waals surface area contributed by atoms with Crippen LogP contribution < -0.4 is 5.32 Å². The SMILES string of the molecule is CC(NC(=O)OC(C)(C)C)c1ccc(CN2CCN(C)CC2)c(F)c1. The van der Waals surface area contributed by atoms with Gasteiger partial charge in [-0.15, -0.1) is 0 Å². The Kier molecular flexibility index (Phi) is 6.41. The van der Waals surface area contributed by atoms with E-state index >= 15 is 0 Å². The topological polar surface area (TPSA) is 44.8 Å². The van der Waals surface area contributed by atoms with Gasteiger partial charge in [0.25, 0.3) is 0 Å². The number of benzene rings is 1. The number of ether oxygens (including phenoxy) is 1. The smallest absolute Gasteiger partial charge is 0.408 e. The molecule has 0 bridgehead atoms. The highest BCUT2D eigenvalue weighted by Gasteiger charge is 2.20. The summed E-state index contributed by atoms with van der Waals surface area (Å²) >= 11 is 0. The number of halogens is 1. The van der Waals surface area contributed by atoms with E-state index in [1.54, 1.807) is 0 Å². The molecule has 6 heteroatoms. The molecule has 1 saturated heterocycles. The normalized spacial score (nSPS) is 18.0. The molecule has 0 radical (unpaired) electrons. The fourth-order valence-corrected chi connectivity index (χ4v) is 2.78. The average Bonchev–Trinajstić information content (AvgIpc) is 2.49. The fourth-order valence-electron chi connectivity index (χ4n) is 2.78. The number of carbonyl (C=O) groups excluding carboxylic acids is 1. The molecule has 1 aromatic rings. The van der Waals surface area contributed by atoms with Crippen LogP contribution in [0.4, 0.5) is 9.18 Å². The van der Waals surface area contributed by atoms with Gasteiger partial charge in [-0.05, 0) is 46.4 Å². The van der Waals surface area contributed by atoms with E-state index in [-0.39, 0.29) is 11.9 Å². The van der Waals surface area contributed by atoms with Crippen LogP contribution in [0, 0.1) is 5.82 Å². The van der Waals surface area contributed by atoms with Crippen molar-refractivity contribution in [3.05, 3.63) is 35.1 Å². The molecule has 1 atom stereocenters. The molecule has 0 aromatic heterocycles. The van der Waals surface area contributed by atoms with Gasteiger partial charge < -0.3 is 15.0 Å². The van der Waals surface area contributed by atoms with Gasteiger partial charge in [0.1, 0.15) is 11.4 Å². The second-order valence-electron chi connectivity index (χ2n) is 7.80. The molecule has 1 N–H and O–H groups in total. The number of likely N-dealkylation sites (N-methyl/N-ethyl adjacent to an activating group) is 1. The highest BCUT2D eigenvalue weighted by Crippen LogP contribution is 2.19. The summed E-state index contributed by atoms with van der Waals surface area (Å²) in [6.07, 6.45) is -0.498. The standard InChI is InChI=1S/C19H30FN3O2/c1-14(21-18(24)25-19(2,3)4)15-6-7-16(17(20)12-15)13-23-10-8-22(5)9-11-23/h6-7,12,14H,8-11,13H2,1-5H3,(H,21,24). The van der Waals surface area contributed by atoms with E-state index in [2.05, 4.69) is 22.2 Å². The average molecular weight is 351 g/mol. The molecule has 1 aliphatic heterocycles. The summed E-state index contributed by atoms with van der Waals surface area (Å²) in [6.45, 7) is 11.8. The summed E-state index contributed by atoms with van der Waals surface area (Å²) in [7, 11) is 2.10. The summed E-state index contributed by atoms with van der Waals surface area (Å²) in [5, 5.41) is 2.74. The van der Waals surface area contributed by atoms with E-state index in [1.807, 2.05) is 39.8 Å². The van der Waals surface area contributed by atoms with Crippen molar-refractivity contribution in [2.24, 2.45) is 0 Å². The largest absolute Gasteiger partial charge is 0.444 e. The molecule has 2 rings (SSSR count). The minimum absolute atomic E-state index is 0.228. The zero-order valence-electron chi connectivity index (χ0n) is 15.9. The maximum atomic E-state index is 14.5. The van der Waals surface area contributed by atoms with Crippen molar-refractivity contribution in [1.29, 1.82) is 0 Å². The van der Waals surface area contributed by atoms with Crippen molar-refractivity contribution in [3.63, 3.8) is 0 Å². The summed E-state index contributed by atoms with van der Waals surface area (Å²) in [6, 6.07) is 4.88. The predicted molar refractivity (Wildman–Crippen MR) is 97.0 cm³/mol. The minimum atomic E-state index is -0.554. The molecule has 1 aliphatic rings. The predicted octanol–water partition coefficient (Wildman–Crippen LogP) is 3.16. The van der Waals surface area contributed by atoms with Crippen molar-refractivity contribution in [3.8, 4) is 0 Å². The fraction of sp³-hybridized carbons (Fsp3) is 0.632. The number of amides is 1. The maximum Gasteiger partial charge on any atom is 0.408 e. The van der Waals surface area contributed by atoms with E-state index in [9.17, 15) is 9.18 Å². The third kappa shape index (κ3) is 6.29. The first kappa shape index (κ1) is 19.7. The second-order valence-corrected chi connectivity index (χ2v) is 7.80. The first-order valence-electron chi connectivity index (χ1n) is 8.83. The number of nitrogens with zero attached hydrogens (tertiary/aromatic N) is 2. The summed E-state index contributed by atoms with van der Waals surface area (Å²) in [5.41, 5.74) is 0.866. The van der Waals surface area contributed by atoms with Gasteiger partial charge in [-0.1, -0.05) is 12.1 Å². The van der Waals surface area contributed by atoms with E-state index in [0.717, 1.165) is 31.7 Å². The van der Waals surface area contributed by atoms with Gasteiger partial charge in [-0.3, -0.25) is 4.90 Å². The van der Waals surface area contributed by atoms with Crippen LogP contribution in [0.3, 0.4) is 0 Å². The van der Waals surface area contributed by atoms with Gasteiger partial charge in [0.2, 0.25) is 0 Å². The van der Waals surface area contributed by atoms with Gasteiger partial charge in [0.15, 0.2) is 0 Å². The van der Waals surface area contributed by atoms with Crippen LogP contribution in [0.2, 0.25) is 0 Å². The molecule has 5 nitrogen and oxygen atoms in total. The van der Waals surface area contributed by atoms with E-state index in [4.69, 9.17) is 4.74 Å². The summed E-state index contributed by atoms with van der Waals surface area (Å²) < 4.78 is 19.7. The lowest BCUT2D eigenvalue weighted by atomic mass is 10.0. The van der Waals surface area contributed by atoms with Crippen LogP contribution in [0.5, 0.6) is 0 Å². The molecule has 140 valence electrons. The number of carbonyl (C=O) groups is 1. The number of hydrogen-bond acceptors (Lipinski definition) is 4. The molecule has 1 fully saturated rings. The number of nitrogens with one attached hydrogen (secondary N) is 1. The van der Waals surface area contributed by atoms with Crippen molar-refractivity contribution in [1.82, 2.24) is 15.1 Å². The molecule has 0 saturated carbocycles. The van der Waals surface area contributed by atoms with E-state index in [0.29, 0.717) is 12.1 Å². The van der Waals surface area contributed by atoms with Crippen LogP contribution >= 0.6 is 0 Å². The highest BCUT2D eigenvalue weighted by atomic mass is 19.1. The molecule has 1 amide bonds. The van der Waals surface area contributed by atoms with Crippen molar-refractivity contribution >= 4 is 6.09 Å². The molecule has 0 spiro atoms. The van der Waals surface area contributed by atoms with Gasteiger partial charge >= 0.3 is 6.09 Å². The second kappa shape index (κ2) is 8.15. The van der Waals surface area contributed by atoms with Crippen LogP contribution in [-0.2, 0) is 11.3 Å². The van der Waals surface area contributed by atoms with Crippen molar-refractivity contribution in [2.45, 2.75) is 45.9 Å². The quantitative estimate of drug-likeness (QED) is 0.905. The number of alkyl carbamates (subject to hydrolysis) is 1. The Labute approximate surface area is 150 Å². The Morgan fingerprint density at radius 2 is 1.92 bits per heavy atom. The zero-order chi connectivity index (χ0) is 18.6. The lowest BCUT2D eigenvalue weighted by molar-refractivity contribution is 0.0508. The van der Waals surface area contributed by atoms with Gasteiger partial charge in [-0.25, -0.2) is 9.18 Å². The minimum Gasteiger partial charge on any atom is -0.444 e. The number of piperazine rings is 1. The Hall–Kier alpha value is -1.66. The monoisotopic (exact) mass is 351 g/mol. The summed E-state index contributed by atoms with van der Waals surface area (Å²) in [5.74, 6) is -0.228. The molecule has 1 aromatic carbocycles. The molecular formula is C19H30FN3O2. The first-order chi connectivity index (χ1) is 11.6. The van der Waals surface area contributed by atoms with Crippen LogP contribution in [0.25, 0.3) is 0 Å². The van der Waals surface area contributed by atoms with Crippen molar-refractivity contribution in [2.75, 3.05) is 33.2 Å². The molecular weight excluding hydrogens is 321 g/mol. The summed E-state index contributed by atoms with van der Waals surface area (Å²) in [4.78, 5) is 16.4. The third-order valence-corrected chi connectivity index (χ3v) is 4.30. The Morgan fingerprint density at radius 1 is 1.28 bits per heavy atom. The molecule has 25 heavy (non-hydrogen) atoms. The van der Waals surface area contributed by atoms with Crippen LogP contribution in [0.15, 0.2) is 18.2 Å². The molecule has 0 aliphatic carbocycles. The van der Waals surface area contributed by atoms with Crippen LogP contribution in [0.1, 0.15) is 44.9 Å². The van der Waals surface area contributed by atoms with Gasteiger partial charge in [0, 0.05) is 38.3 Å². The maximum absolute atomic E-state index is 14.5. The van der Waals surface area contributed by atoms with E-state index in [1.165, 1.54) is 6.07 Å². The van der Waals surface area contributed by atoms with Crippen molar-refractivity contribution < 1.29 is 13.9 Å². The first-order valence-corrected chi connectivity index (χ1v) is 8.83. The lowest BCUT2D eigenvalue weighted by Gasteiger charge is -2.32. The molecule has 1 heterocycles. The molecule has 1 unspecified atom stereocenters. The Morgan fingerprint density at radius 3 is 2.48 bits per heavy atom. The highest BCUT2D eigenvalue weighted by molar-refractivity contribution is 5.68. The Balaban J connectivity index is 1.95.